The van der Waals surface area contributed by atoms with E-state index in [0.29, 0.717) is 19.0 Å². The number of urea groups is 1. The molecule has 1 aromatic carbocycles. The summed E-state index contributed by atoms with van der Waals surface area (Å²) in [6.07, 6.45) is 4.78. The van der Waals surface area contributed by atoms with Crippen LogP contribution in [0, 0.1) is 23.2 Å². The highest BCUT2D eigenvalue weighted by atomic mass is 16.2. The molecule has 1 aromatic heterocycles. The summed E-state index contributed by atoms with van der Waals surface area (Å²) < 4.78 is 0. The van der Waals surface area contributed by atoms with Crippen LogP contribution in [-0.2, 0) is 6.42 Å². The number of benzene rings is 1. The lowest BCUT2D eigenvalue weighted by atomic mass is 9.83. The predicted octanol–water partition coefficient (Wildman–Crippen LogP) is 3.34. The number of aromatic amines is 1. The van der Waals surface area contributed by atoms with Crippen molar-refractivity contribution in [3.63, 3.8) is 0 Å². The van der Waals surface area contributed by atoms with Gasteiger partial charge in [-0.3, -0.25) is 0 Å². The molecule has 24 heavy (non-hydrogen) atoms. The topological polar surface area (TPSA) is 80.7 Å². The fourth-order valence-corrected chi connectivity index (χ4v) is 3.37. The zero-order valence-corrected chi connectivity index (χ0v) is 13.8. The largest absolute Gasteiger partial charge is 0.358 e. The van der Waals surface area contributed by atoms with Crippen LogP contribution in [0.2, 0.25) is 0 Å². The lowest BCUT2D eigenvalue weighted by molar-refractivity contribution is 0.234. The average Bonchev–Trinajstić information content (AvgIpc) is 3.03. The number of hydrogen-bond acceptors (Lipinski definition) is 2. The van der Waals surface area contributed by atoms with Crippen LogP contribution in [0.15, 0.2) is 30.3 Å². The Morgan fingerprint density at radius 3 is 2.75 bits per heavy atom. The number of amides is 2. The minimum absolute atomic E-state index is 0.103. The quantitative estimate of drug-likeness (QED) is 0.788. The molecule has 3 rings (SSSR count). The van der Waals surface area contributed by atoms with Gasteiger partial charge in [0.25, 0.3) is 0 Å². The van der Waals surface area contributed by atoms with Gasteiger partial charge < -0.3 is 15.6 Å². The molecule has 1 heterocycles. The first-order valence-electron chi connectivity index (χ1n) is 8.72. The van der Waals surface area contributed by atoms with Crippen LogP contribution in [0.25, 0.3) is 10.9 Å². The summed E-state index contributed by atoms with van der Waals surface area (Å²) in [5.74, 6) is 0.723. The summed E-state index contributed by atoms with van der Waals surface area (Å²) in [6.45, 7) is 1.32. The van der Waals surface area contributed by atoms with Gasteiger partial charge in [0.15, 0.2) is 0 Å². The van der Waals surface area contributed by atoms with E-state index in [1.165, 1.54) is 5.39 Å². The van der Waals surface area contributed by atoms with Gasteiger partial charge in [-0.15, -0.1) is 0 Å². The number of nitrogens with zero attached hydrogens (tertiary/aromatic N) is 1. The maximum absolute atomic E-state index is 11.9. The maximum Gasteiger partial charge on any atom is 0.314 e. The van der Waals surface area contributed by atoms with E-state index in [4.69, 9.17) is 5.26 Å². The molecule has 3 N–H and O–H groups in total. The van der Waals surface area contributed by atoms with Crippen molar-refractivity contribution in [3.05, 3.63) is 36.0 Å². The fourth-order valence-electron chi connectivity index (χ4n) is 3.37. The first-order chi connectivity index (χ1) is 11.7. The molecule has 2 aromatic rings. The third-order valence-corrected chi connectivity index (χ3v) is 4.85. The normalized spacial score (nSPS) is 20.5. The standard InChI is InChI=1S/C19H24N4O/c20-12-14-5-7-15(8-6-14)13-22-19(24)21-10-9-17-11-16-3-1-2-4-18(16)23-17/h1-4,11,14-15,23H,5-10,13H2,(H2,21,22,24). The van der Waals surface area contributed by atoms with E-state index < -0.39 is 0 Å². The van der Waals surface area contributed by atoms with E-state index in [9.17, 15) is 4.79 Å². The van der Waals surface area contributed by atoms with Gasteiger partial charge in [0.2, 0.25) is 0 Å². The Morgan fingerprint density at radius 2 is 2.00 bits per heavy atom. The first kappa shape index (κ1) is 16.4. The predicted molar refractivity (Wildman–Crippen MR) is 94.5 cm³/mol. The number of aromatic nitrogens is 1. The molecular weight excluding hydrogens is 300 g/mol. The number of nitriles is 1. The van der Waals surface area contributed by atoms with Crippen LogP contribution in [0.4, 0.5) is 4.79 Å². The van der Waals surface area contributed by atoms with Gasteiger partial charge in [-0.25, -0.2) is 4.79 Å². The number of hydrogen-bond donors (Lipinski definition) is 3. The Morgan fingerprint density at radius 1 is 1.21 bits per heavy atom. The van der Waals surface area contributed by atoms with Crippen molar-refractivity contribution in [2.75, 3.05) is 13.1 Å². The summed E-state index contributed by atoms with van der Waals surface area (Å²) in [5, 5.41) is 16.0. The molecule has 1 aliphatic rings. The zero-order chi connectivity index (χ0) is 16.8. The zero-order valence-electron chi connectivity index (χ0n) is 13.8. The SMILES string of the molecule is N#CC1CCC(CNC(=O)NCCc2cc3ccccc3[nH]2)CC1. The summed E-state index contributed by atoms with van der Waals surface area (Å²) in [5.41, 5.74) is 2.26. The Balaban J connectivity index is 1.35. The first-order valence-corrected chi connectivity index (χ1v) is 8.72. The second kappa shape index (κ2) is 7.87. The van der Waals surface area contributed by atoms with Crippen molar-refractivity contribution >= 4 is 16.9 Å². The number of nitrogens with one attached hydrogen (secondary N) is 3. The molecule has 2 amide bonds. The van der Waals surface area contributed by atoms with Crippen molar-refractivity contribution in [2.45, 2.75) is 32.1 Å². The number of carbonyl (C=O) groups excluding carboxylic acids is 1. The van der Waals surface area contributed by atoms with Crippen molar-refractivity contribution in [2.24, 2.45) is 11.8 Å². The number of fused-ring (bicyclic) bond motifs is 1. The molecular formula is C19H24N4O. The van der Waals surface area contributed by atoms with Gasteiger partial charge >= 0.3 is 6.03 Å². The van der Waals surface area contributed by atoms with Crippen molar-refractivity contribution < 1.29 is 4.79 Å². The number of carbonyl (C=O) groups is 1. The van der Waals surface area contributed by atoms with Gasteiger partial charge in [0.1, 0.15) is 0 Å². The van der Waals surface area contributed by atoms with Crippen LogP contribution >= 0.6 is 0 Å². The lowest BCUT2D eigenvalue weighted by Crippen LogP contribution is -2.39. The fraction of sp³-hybridized carbons (Fsp3) is 0.474. The highest BCUT2D eigenvalue weighted by molar-refractivity contribution is 5.80. The molecule has 0 spiro atoms. The van der Waals surface area contributed by atoms with Crippen molar-refractivity contribution in [1.82, 2.24) is 15.6 Å². The molecule has 0 atom stereocenters. The molecule has 0 saturated heterocycles. The van der Waals surface area contributed by atoms with Crippen LogP contribution in [0.1, 0.15) is 31.4 Å². The molecule has 1 aliphatic carbocycles. The number of para-hydroxylation sites is 1. The highest BCUT2D eigenvalue weighted by Gasteiger charge is 2.20. The van der Waals surface area contributed by atoms with Gasteiger partial charge in [0, 0.05) is 36.6 Å². The van der Waals surface area contributed by atoms with Gasteiger partial charge in [-0.05, 0) is 49.1 Å². The summed E-state index contributed by atoms with van der Waals surface area (Å²) in [4.78, 5) is 15.2. The molecule has 0 aliphatic heterocycles. The van der Waals surface area contributed by atoms with Crippen LogP contribution in [0.5, 0.6) is 0 Å². The highest BCUT2D eigenvalue weighted by Crippen LogP contribution is 2.27. The number of rotatable bonds is 5. The van der Waals surface area contributed by atoms with Gasteiger partial charge in [0.05, 0.1) is 6.07 Å². The van der Waals surface area contributed by atoms with E-state index in [1.807, 2.05) is 12.1 Å². The minimum atomic E-state index is -0.103. The summed E-state index contributed by atoms with van der Waals surface area (Å²) >= 11 is 0. The smallest absolute Gasteiger partial charge is 0.314 e. The van der Waals surface area contributed by atoms with Crippen LogP contribution in [-0.4, -0.2) is 24.1 Å². The summed E-state index contributed by atoms with van der Waals surface area (Å²) in [7, 11) is 0. The third-order valence-electron chi connectivity index (χ3n) is 4.85. The third kappa shape index (κ3) is 4.29. The number of H-pyrrole nitrogens is 1. The Bertz CT molecular complexity index is 689. The molecule has 5 nitrogen and oxygen atoms in total. The van der Waals surface area contributed by atoms with Crippen LogP contribution < -0.4 is 10.6 Å². The Kier molecular flexibility index (Phi) is 5.37. The maximum atomic E-state index is 11.9. The molecule has 0 unspecified atom stereocenters. The van der Waals surface area contributed by atoms with E-state index in [2.05, 4.69) is 39.9 Å². The van der Waals surface area contributed by atoms with Crippen LogP contribution in [0.3, 0.4) is 0 Å². The van der Waals surface area contributed by atoms with E-state index in [-0.39, 0.29) is 11.9 Å². The molecule has 126 valence electrons. The lowest BCUT2D eigenvalue weighted by Gasteiger charge is -2.24. The van der Waals surface area contributed by atoms with E-state index >= 15 is 0 Å². The summed E-state index contributed by atoms with van der Waals surface area (Å²) in [6, 6.07) is 12.5. The van der Waals surface area contributed by atoms with Gasteiger partial charge in [-0.2, -0.15) is 5.26 Å². The molecule has 5 heteroatoms. The van der Waals surface area contributed by atoms with Gasteiger partial charge in [-0.1, -0.05) is 18.2 Å². The molecule has 0 radical (unpaired) electrons. The van der Waals surface area contributed by atoms with E-state index in [0.717, 1.165) is 43.3 Å². The monoisotopic (exact) mass is 324 g/mol. The molecule has 0 bridgehead atoms. The minimum Gasteiger partial charge on any atom is -0.358 e. The Labute approximate surface area is 142 Å². The van der Waals surface area contributed by atoms with E-state index in [1.54, 1.807) is 0 Å². The second-order valence-electron chi connectivity index (χ2n) is 6.62. The average molecular weight is 324 g/mol. The van der Waals surface area contributed by atoms with Crippen molar-refractivity contribution in [3.8, 4) is 6.07 Å². The second-order valence-corrected chi connectivity index (χ2v) is 6.62. The Hall–Kier alpha value is -2.48. The molecule has 1 saturated carbocycles. The molecule has 1 fully saturated rings. The van der Waals surface area contributed by atoms with Crippen molar-refractivity contribution in [1.29, 1.82) is 5.26 Å².